The summed E-state index contributed by atoms with van der Waals surface area (Å²) in [6.07, 6.45) is 0. The Bertz CT molecular complexity index is 523. The Labute approximate surface area is 116 Å². The maximum Gasteiger partial charge on any atom is 0.300 e. The second-order valence-electron chi connectivity index (χ2n) is 5.06. The van der Waals surface area contributed by atoms with Crippen LogP contribution in [0.15, 0.2) is 18.2 Å². The van der Waals surface area contributed by atoms with Gasteiger partial charge >= 0.3 is 5.69 Å². The SMILES string of the molecule is CC1CN(C(=O)c2cccc(Cl)c2[N+](=O)[O-])CC1C. The summed E-state index contributed by atoms with van der Waals surface area (Å²) in [6, 6.07) is 4.44. The van der Waals surface area contributed by atoms with Crippen LogP contribution in [0.3, 0.4) is 0 Å². The van der Waals surface area contributed by atoms with E-state index in [-0.39, 0.29) is 22.2 Å². The summed E-state index contributed by atoms with van der Waals surface area (Å²) in [6.45, 7) is 5.40. The maximum absolute atomic E-state index is 12.4. The predicted octanol–water partition coefficient (Wildman–Crippen LogP) is 2.98. The normalized spacial score (nSPS) is 22.6. The average Bonchev–Trinajstić information content (AvgIpc) is 2.68. The minimum Gasteiger partial charge on any atom is -0.338 e. The lowest BCUT2D eigenvalue weighted by Crippen LogP contribution is -2.29. The van der Waals surface area contributed by atoms with Crippen LogP contribution in [0.2, 0.25) is 5.02 Å². The lowest BCUT2D eigenvalue weighted by molar-refractivity contribution is -0.385. The number of nitrogens with zero attached hydrogens (tertiary/aromatic N) is 2. The molecule has 1 aromatic carbocycles. The molecule has 6 heteroatoms. The number of rotatable bonds is 2. The van der Waals surface area contributed by atoms with Crippen LogP contribution < -0.4 is 0 Å². The van der Waals surface area contributed by atoms with Gasteiger partial charge in [-0.15, -0.1) is 0 Å². The lowest BCUT2D eigenvalue weighted by Gasteiger charge is -2.16. The van der Waals surface area contributed by atoms with Crippen LogP contribution in [0.5, 0.6) is 0 Å². The van der Waals surface area contributed by atoms with Crippen molar-refractivity contribution in [2.75, 3.05) is 13.1 Å². The molecule has 0 N–H and O–H groups in total. The zero-order valence-electron chi connectivity index (χ0n) is 10.8. The second kappa shape index (κ2) is 5.17. The van der Waals surface area contributed by atoms with Gasteiger partial charge in [0.05, 0.1) is 4.92 Å². The quantitative estimate of drug-likeness (QED) is 0.619. The van der Waals surface area contributed by atoms with Crippen LogP contribution in [0.4, 0.5) is 5.69 Å². The fourth-order valence-electron chi connectivity index (χ4n) is 2.34. The van der Waals surface area contributed by atoms with Crippen molar-refractivity contribution in [1.82, 2.24) is 4.90 Å². The van der Waals surface area contributed by atoms with Gasteiger partial charge in [0.1, 0.15) is 10.6 Å². The van der Waals surface area contributed by atoms with Crippen molar-refractivity contribution in [1.29, 1.82) is 0 Å². The van der Waals surface area contributed by atoms with Crippen LogP contribution in [0.25, 0.3) is 0 Å². The van der Waals surface area contributed by atoms with Gasteiger partial charge in [-0.1, -0.05) is 31.5 Å². The number of para-hydroxylation sites is 1. The first-order valence-corrected chi connectivity index (χ1v) is 6.51. The summed E-state index contributed by atoms with van der Waals surface area (Å²) in [5, 5.41) is 11.0. The molecule has 1 aromatic rings. The monoisotopic (exact) mass is 282 g/mol. The third-order valence-corrected chi connectivity index (χ3v) is 3.98. The first-order chi connectivity index (χ1) is 8.91. The number of halogens is 1. The summed E-state index contributed by atoms with van der Waals surface area (Å²) in [5.41, 5.74) is -0.236. The van der Waals surface area contributed by atoms with E-state index in [2.05, 4.69) is 13.8 Å². The summed E-state index contributed by atoms with van der Waals surface area (Å²) < 4.78 is 0. The van der Waals surface area contributed by atoms with E-state index in [0.29, 0.717) is 24.9 Å². The number of benzene rings is 1. The van der Waals surface area contributed by atoms with E-state index in [4.69, 9.17) is 11.6 Å². The molecular formula is C13H15ClN2O3. The fourth-order valence-corrected chi connectivity index (χ4v) is 2.58. The Morgan fingerprint density at radius 2 is 1.95 bits per heavy atom. The number of likely N-dealkylation sites (tertiary alicyclic amines) is 1. The summed E-state index contributed by atoms with van der Waals surface area (Å²) in [7, 11) is 0. The van der Waals surface area contributed by atoms with Crippen LogP contribution >= 0.6 is 11.6 Å². The van der Waals surface area contributed by atoms with Gasteiger partial charge in [-0.3, -0.25) is 14.9 Å². The molecule has 19 heavy (non-hydrogen) atoms. The van der Waals surface area contributed by atoms with Crippen LogP contribution in [-0.4, -0.2) is 28.8 Å². The molecule has 0 bridgehead atoms. The molecule has 2 unspecified atom stereocenters. The average molecular weight is 283 g/mol. The van der Waals surface area contributed by atoms with Gasteiger partial charge in [-0.25, -0.2) is 0 Å². The number of nitro groups is 1. The van der Waals surface area contributed by atoms with Crippen molar-refractivity contribution in [3.63, 3.8) is 0 Å². The lowest BCUT2D eigenvalue weighted by atomic mass is 10.0. The first kappa shape index (κ1) is 13.8. The smallest absolute Gasteiger partial charge is 0.300 e. The molecule has 102 valence electrons. The summed E-state index contributed by atoms with van der Waals surface area (Å²) in [4.78, 5) is 24.5. The van der Waals surface area contributed by atoms with Crippen molar-refractivity contribution in [2.24, 2.45) is 11.8 Å². The Balaban J connectivity index is 2.35. The molecule has 0 aromatic heterocycles. The highest BCUT2D eigenvalue weighted by atomic mass is 35.5. The van der Waals surface area contributed by atoms with E-state index in [0.717, 1.165) is 0 Å². The first-order valence-electron chi connectivity index (χ1n) is 6.14. The Hall–Kier alpha value is -1.62. The zero-order chi connectivity index (χ0) is 14.2. The second-order valence-corrected chi connectivity index (χ2v) is 5.47. The van der Waals surface area contributed by atoms with Crippen molar-refractivity contribution >= 4 is 23.2 Å². The van der Waals surface area contributed by atoms with Gasteiger partial charge in [0, 0.05) is 13.1 Å². The molecular weight excluding hydrogens is 268 g/mol. The van der Waals surface area contributed by atoms with Crippen LogP contribution in [0, 0.1) is 22.0 Å². The Morgan fingerprint density at radius 3 is 2.47 bits per heavy atom. The summed E-state index contributed by atoms with van der Waals surface area (Å²) in [5.74, 6) is 0.495. The fraction of sp³-hybridized carbons (Fsp3) is 0.462. The van der Waals surface area contributed by atoms with E-state index >= 15 is 0 Å². The molecule has 1 aliphatic heterocycles. The number of nitro benzene ring substituents is 1. The van der Waals surface area contributed by atoms with E-state index < -0.39 is 4.92 Å². The van der Waals surface area contributed by atoms with E-state index in [1.54, 1.807) is 11.0 Å². The molecule has 2 rings (SSSR count). The van der Waals surface area contributed by atoms with Crippen LogP contribution in [0.1, 0.15) is 24.2 Å². The zero-order valence-corrected chi connectivity index (χ0v) is 11.6. The van der Waals surface area contributed by atoms with Crippen molar-refractivity contribution < 1.29 is 9.72 Å². The van der Waals surface area contributed by atoms with E-state index in [9.17, 15) is 14.9 Å². The molecule has 1 heterocycles. The van der Waals surface area contributed by atoms with Crippen molar-refractivity contribution in [3.8, 4) is 0 Å². The van der Waals surface area contributed by atoms with E-state index in [1.807, 2.05) is 0 Å². The number of carbonyl (C=O) groups is 1. The molecule has 1 aliphatic rings. The molecule has 1 amide bonds. The van der Waals surface area contributed by atoms with Crippen molar-refractivity contribution in [2.45, 2.75) is 13.8 Å². The minimum atomic E-state index is -0.599. The number of amides is 1. The van der Waals surface area contributed by atoms with Gasteiger partial charge in [0.2, 0.25) is 0 Å². The predicted molar refractivity (Wildman–Crippen MR) is 72.3 cm³/mol. The molecule has 1 fully saturated rings. The summed E-state index contributed by atoms with van der Waals surface area (Å²) >= 11 is 5.82. The maximum atomic E-state index is 12.4. The molecule has 1 saturated heterocycles. The third-order valence-electron chi connectivity index (χ3n) is 3.68. The number of hydrogen-bond donors (Lipinski definition) is 0. The minimum absolute atomic E-state index is 0.00357. The highest BCUT2D eigenvalue weighted by Crippen LogP contribution is 2.31. The molecule has 2 atom stereocenters. The highest BCUT2D eigenvalue weighted by molar-refractivity contribution is 6.33. The Morgan fingerprint density at radius 1 is 1.37 bits per heavy atom. The standard InChI is InChI=1S/C13H15ClN2O3/c1-8-6-15(7-9(8)2)13(17)10-4-3-5-11(14)12(10)16(18)19/h3-5,8-9H,6-7H2,1-2H3. The third kappa shape index (κ3) is 2.56. The van der Waals surface area contributed by atoms with Gasteiger partial charge in [0.15, 0.2) is 0 Å². The Kier molecular flexibility index (Phi) is 3.75. The molecule has 0 radical (unpaired) electrons. The van der Waals surface area contributed by atoms with Gasteiger partial charge < -0.3 is 4.90 Å². The highest BCUT2D eigenvalue weighted by Gasteiger charge is 2.33. The van der Waals surface area contributed by atoms with Gasteiger partial charge in [-0.2, -0.15) is 0 Å². The molecule has 5 nitrogen and oxygen atoms in total. The number of carbonyl (C=O) groups excluding carboxylic acids is 1. The van der Waals surface area contributed by atoms with Crippen molar-refractivity contribution in [3.05, 3.63) is 38.9 Å². The molecule has 0 spiro atoms. The van der Waals surface area contributed by atoms with Crippen LogP contribution in [-0.2, 0) is 0 Å². The van der Waals surface area contributed by atoms with Gasteiger partial charge in [0.25, 0.3) is 5.91 Å². The largest absolute Gasteiger partial charge is 0.338 e. The van der Waals surface area contributed by atoms with E-state index in [1.165, 1.54) is 12.1 Å². The molecule has 0 saturated carbocycles. The topological polar surface area (TPSA) is 63.5 Å². The van der Waals surface area contributed by atoms with Gasteiger partial charge in [-0.05, 0) is 24.0 Å². The number of hydrogen-bond acceptors (Lipinski definition) is 3. The molecule has 0 aliphatic carbocycles.